The molecule has 2 N–H and O–H groups in total. The third kappa shape index (κ3) is 2.59. The van der Waals surface area contributed by atoms with Crippen molar-refractivity contribution in [2.75, 3.05) is 5.73 Å². The Kier molecular flexibility index (Phi) is 3.76. The number of nitrogens with two attached hydrogens (primary N) is 1. The number of aryl methyl sites for hydroxylation is 1. The second-order valence-electron chi connectivity index (χ2n) is 7.38. The van der Waals surface area contributed by atoms with E-state index >= 15 is 0 Å². The molecule has 3 aromatic heterocycles. The number of anilines is 1. The first-order chi connectivity index (χ1) is 13.6. The molecule has 0 spiro atoms. The van der Waals surface area contributed by atoms with Crippen LogP contribution >= 0.6 is 0 Å². The van der Waals surface area contributed by atoms with Gasteiger partial charge < -0.3 is 5.73 Å². The van der Waals surface area contributed by atoms with Crippen molar-refractivity contribution in [2.45, 2.75) is 20.3 Å². The fourth-order valence-electron chi connectivity index (χ4n) is 3.64. The van der Waals surface area contributed by atoms with Crippen LogP contribution in [-0.2, 0) is 0 Å². The van der Waals surface area contributed by atoms with Crippen LogP contribution in [0, 0.1) is 12.8 Å². The predicted molar refractivity (Wildman–Crippen MR) is 113 cm³/mol. The lowest BCUT2D eigenvalue weighted by Gasteiger charge is -2.26. The van der Waals surface area contributed by atoms with E-state index in [9.17, 15) is 0 Å². The Balaban J connectivity index is 1.76. The summed E-state index contributed by atoms with van der Waals surface area (Å²) >= 11 is 0. The molecule has 28 heavy (non-hydrogen) atoms. The molecule has 0 amide bonds. The molecule has 0 radical (unpaired) electrons. The van der Waals surface area contributed by atoms with Crippen molar-refractivity contribution >= 4 is 22.7 Å². The third-order valence-corrected chi connectivity index (χ3v) is 5.37. The number of benzene rings is 1. The van der Waals surface area contributed by atoms with Crippen LogP contribution in [0.15, 0.2) is 60.8 Å². The van der Waals surface area contributed by atoms with Crippen LogP contribution < -0.4 is 5.73 Å². The van der Waals surface area contributed by atoms with E-state index in [0.717, 1.165) is 40.2 Å². The van der Waals surface area contributed by atoms with Gasteiger partial charge in [-0.05, 0) is 37.6 Å². The van der Waals surface area contributed by atoms with Gasteiger partial charge >= 0.3 is 0 Å². The molecule has 0 aliphatic heterocycles. The number of aromatic nitrogens is 4. The summed E-state index contributed by atoms with van der Waals surface area (Å²) in [6, 6.07) is 16.3. The Labute approximate surface area is 163 Å². The number of nitrogens with zero attached hydrogens (tertiary/aromatic N) is 4. The summed E-state index contributed by atoms with van der Waals surface area (Å²) in [5.74, 6) is 1.73. The minimum atomic E-state index is 0.457. The second-order valence-corrected chi connectivity index (χ2v) is 7.38. The molecule has 1 aliphatic rings. The Hall–Kier alpha value is -3.47. The topological polar surface area (TPSA) is 69.6 Å². The molecule has 5 nitrogen and oxygen atoms in total. The number of hydrogen-bond donors (Lipinski definition) is 1. The molecule has 5 rings (SSSR count). The van der Waals surface area contributed by atoms with Gasteiger partial charge in [0.15, 0.2) is 5.65 Å². The average molecular weight is 367 g/mol. The fraction of sp³-hybridized carbons (Fsp3) is 0.174. The lowest BCUT2D eigenvalue weighted by Crippen LogP contribution is -2.15. The standard InChI is InChI=1S/C23H21N5/c1-14-5-8-16(9-6-14)18-10-11-19-23(26-18)28(20-12-7-15(20)2)22(27-19)17-4-3-13-25-21(17)24/h3-6,8-13,15H,7H2,1-2H3,(H2,24,25)/t15-/m0/s1. The molecule has 4 aromatic rings. The normalized spacial score (nSPS) is 16.1. The number of nitrogen functional groups attached to an aromatic ring is 1. The predicted octanol–water partition coefficient (Wildman–Crippen LogP) is 4.93. The van der Waals surface area contributed by atoms with Crippen LogP contribution in [0.3, 0.4) is 0 Å². The molecular formula is C23H21N5. The maximum absolute atomic E-state index is 6.17. The highest BCUT2D eigenvalue weighted by Gasteiger charge is 2.26. The molecule has 1 aromatic carbocycles. The summed E-state index contributed by atoms with van der Waals surface area (Å²) in [6.45, 7) is 4.31. The highest BCUT2D eigenvalue weighted by atomic mass is 15.2. The first-order valence-corrected chi connectivity index (χ1v) is 9.49. The molecule has 0 fully saturated rings. The Morgan fingerprint density at radius 3 is 2.54 bits per heavy atom. The summed E-state index contributed by atoms with van der Waals surface area (Å²) in [4.78, 5) is 14.1. The Morgan fingerprint density at radius 1 is 1.04 bits per heavy atom. The number of pyridine rings is 2. The van der Waals surface area contributed by atoms with Crippen molar-refractivity contribution in [3.63, 3.8) is 0 Å². The van der Waals surface area contributed by atoms with Crippen LogP contribution in [0.4, 0.5) is 5.82 Å². The summed E-state index contributed by atoms with van der Waals surface area (Å²) in [6.07, 6.45) is 5.00. The van der Waals surface area contributed by atoms with Crippen molar-refractivity contribution in [3.8, 4) is 22.6 Å². The monoisotopic (exact) mass is 367 g/mol. The van der Waals surface area contributed by atoms with Crippen molar-refractivity contribution < 1.29 is 0 Å². The van der Waals surface area contributed by atoms with E-state index in [1.807, 2.05) is 24.3 Å². The van der Waals surface area contributed by atoms with Gasteiger partial charge in [-0.3, -0.25) is 4.57 Å². The number of hydrogen-bond acceptors (Lipinski definition) is 4. The van der Waals surface area contributed by atoms with Gasteiger partial charge in [-0.25, -0.2) is 15.0 Å². The van der Waals surface area contributed by atoms with Gasteiger partial charge in [0.05, 0.1) is 11.3 Å². The van der Waals surface area contributed by atoms with Crippen LogP contribution in [0.1, 0.15) is 18.9 Å². The maximum Gasteiger partial charge on any atom is 0.165 e. The minimum absolute atomic E-state index is 0.457. The molecular weight excluding hydrogens is 346 g/mol. The van der Waals surface area contributed by atoms with Gasteiger partial charge in [0.1, 0.15) is 17.2 Å². The highest BCUT2D eigenvalue weighted by Crippen LogP contribution is 2.38. The summed E-state index contributed by atoms with van der Waals surface area (Å²) < 4.78 is 2.15. The summed E-state index contributed by atoms with van der Waals surface area (Å²) in [5.41, 5.74) is 13.2. The van der Waals surface area contributed by atoms with Crippen molar-refractivity contribution in [1.29, 1.82) is 0 Å². The number of imidazole rings is 1. The number of rotatable bonds is 3. The van der Waals surface area contributed by atoms with Crippen LogP contribution in [0.2, 0.25) is 0 Å². The average Bonchev–Trinajstić information content (AvgIpc) is 3.06. The number of fused-ring (bicyclic) bond motifs is 1. The Bertz CT molecular complexity index is 1220. The number of allylic oxidation sites excluding steroid dienone is 2. The zero-order valence-corrected chi connectivity index (χ0v) is 15.9. The summed E-state index contributed by atoms with van der Waals surface area (Å²) in [7, 11) is 0. The maximum atomic E-state index is 6.17. The summed E-state index contributed by atoms with van der Waals surface area (Å²) in [5, 5.41) is 0. The molecule has 138 valence electrons. The zero-order valence-electron chi connectivity index (χ0n) is 15.9. The Morgan fingerprint density at radius 2 is 1.86 bits per heavy atom. The lowest BCUT2D eigenvalue weighted by atomic mass is 9.92. The van der Waals surface area contributed by atoms with Gasteiger partial charge in [-0.2, -0.15) is 0 Å². The van der Waals surface area contributed by atoms with Crippen LogP contribution in [0.25, 0.3) is 39.5 Å². The fourth-order valence-corrected chi connectivity index (χ4v) is 3.64. The largest absolute Gasteiger partial charge is 0.383 e. The van der Waals surface area contributed by atoms with Crippen LogP contribution in [-0.4, -0.2) is 19.5 Å². The van der Waals surface area contributed by atoms with Crippen LogP contribution in [0.5, 0.6) is 0 Å². The van der Waals surface area contributed by atoms with E-state index in [2.05, 4.69) is 53.7 Å². The molecule has 1 atom stereocenters. The van der Waals surface area contributed by atoms with E-state index in [-0.39, 0.29) is 0 Å². The first kappa shape index (κ1) is 16.7. The van der Waals surface area contributed by atoms with E-state index < -0.39 is 0 Å². The van der Waals surface area contributed by atoms with Gasteiger partial charge in [-0.15, -0.1) is 0 Å². The van der Waals surface area contributed by atoms with Crippen molar-refractivity contribution in [2.24, 2.45) is 5.92 Å². The third-order valence-electron chi connectivity index (χ3n) is 5.37. The second kappa shape index (κ2) is 6.30. The molecule has 0 saturated heterocycles. The SMILES string of the molecule is Cc1ccc(-c2ccc3nc(-c4cccnc4N)n(C4=CC[C@@H]4C)c3n2)cc1. The molecule has 0 unspecified atom stereocenters. The van der Waals surface area contributed by atoms with Gasteiger partial charge in [0.25, 0.3) is 0 Å². The van der Waals surface area contributed by atoms with Gasteiger partial charge in [0, 0.05) is 23.4 Å². The first-order valence-electron chi connectivity index (χ1n) is 9.49. The zero-order chi connectivity index (χ0) is 19.3. The quantitative estimate of drug-likeness (QED) is 0.557. The smallest absolute Gasteiger partial charge is 0.165 e. The van der Waals surface area contributed by atoms with E-state index in [4.69, 9.17) is 15.7 Å². The van der Waals surface area contributed by atoms with Crippen molar-refractivity contribution in [3.05, 3.63) is 66.4 Å². The van der Waals surface area contributed by atoms with Crippen molar-refractivity contribution in [1.82, 2.24) is 19.5 Å². The molecule has 3 heterocycles. The molecule has 0 bridgehead atoms. The van der Waals surface area contributed by atoms with E-state index in [0.29, 0.717) is 11.7 Å². The molecule has 1 aliphatic carbocycles. The van der Waals surface area contributed by atoms with Gasteiger partial charge in [-0.1, -0.05) is 42.8 Å². The van der Waals surface area contributed by atoms with E-state index in [1.54, 1.807) is 6.20 Å². The van der Waals surface area contributed by atoms with E-state index in [1.165, 1.54) is 11.3 Å². The molecule has 5 heteroatoms. The minimum Gasteiger partial charge on any atom is -0.383 e. The highest BCUT2D eigenvalue weighted by molar-refractivity contribution is 5.87. The van der Waals surface area contributed by atoms with Gasteiger partial charge in [0.2, 0.25) is 0 Å². The molecule has 0 saturated carbocycles. The lowest BCUT2D eigenvalue weighted by molar-refractivity contribution is 0.666.